The molecule has 1 amide bonds. The Kier molecular flexibility index (Phi) is 4.34. The van der Waals surface area contributed by atoms with Crippen LogP contribution in [0.3, 0.4) is 0 Å². The molecular formula is C20H20BrN3O. The summed E-state index contributed by atoms with van der Waals surface area (Å²) >= 11 is 3.43. The Morgan fingerprint density at radius 3 is 2.76 bits per heavy atom. The monoisotopic (exact) mass is 397 g/mol. The highest BCUT2D eigenvalue weighted by Crippen LogP contribution is 2.28. The molecule has 1 aromatic heterocycles. The molecule has 3 aromatic rings. The van der Waals surface area contributed by atoms with E-state index in [2.05, 4.69) is 46.0 Å². The maximum Gasteiger partial charge on any atom is 0.253 e. The summed E-state index contributed by atoms with van der Waals surface area (Å²) in [6, 6.07) is 13.9. The lowest BCUT2D eigenvalue weighted by atomic mass is 9.95. The summed E-state index contributed by atoms with van der Waals surface area (Å²) in [6.45, 7) is 3.63. The van der Waals surface area contributed by atoms with Crippen LogP contribution in [-0.4, -0.2) is 33.9 Å². The van der Waals surface area contributed by atoms with Gasteiger partial charge in [-0.25, -0.2) is 4.98 Å². The first kappa shape index (κ1) is 16.3. The number of aromatic amines is 1. The Balaban J connectivity index is 1.46. The highest BCUT2D eigenvalue weighted by Gasteiger charge is 2.26. The van der Waals surface area contributed by atoms with Gasteiger partial charge in [-0.2, -0.15) is 0 Å². The minimum atomic E-state index is 0.111. The van der Waals surface area contributed by atoms with E-state index >= 15 is 0 Å². The summed E-state index contributed by atoms with van der Waals surface area (Å²) in [5, 5.41) is 0. The number of aromatic nitrogens is 2. The van der Waals surface area contributed by atoms with Crippen LogP contribution in [0.1, 0.15) is 40.5 Å². The molecule has 4 rings (SSSR count). The van der Waals surface area contributed by atoms with E-state index in [0.29, 0.717) is 5.92 Å². The van der Waals surface area contributed by atoms with Gasteiger partial charge in [0.1, 0.15) is 5.82 Å². The summed E-state index contributed by atoms with van der Waals surface area (Å²) in [5.41, 5.74) is 4.10. The van der Waals surface area contributed by atoms with Crippen molar-refractivity contribution in [1.82, 2.24) is 14.9 Å². The van der Waals surface area contributed by atoms with Crippen LogP contribution < -0.4 is 0 Å². The number of amides is 1. The molecule has 1 fully saturated rings. The zero-order valence-corrected chi connectivity index (χ0v) is 15.7. The lowest BCUT2D eigenvalue weighted by Gasteiger charge is -2.31. The van der Waals surface area contributed by atoms with Gasteiger partial charge in [0.15, 0.2) is 0 Å². The number of benzene rings is 2. The molecule has 1 saturated heterocycles. The maximum absolute atomic E-state index is 12.7. The number of aryl methyl sites for hydroxylation is 1. The number of likely N-dealkylation sites (tertiary alicyclic amines) is 1. The topological polar surface area (TPSA) is 49.0 Å². The molecule has 25 heavy (non-hydrogen) atoms. The molecule has 1 N–H and O–H groups in total. The fourth-order valence-corrected chi connectivity index (χ4v) is 3.90. The third-order valence-electron chi connectivity index (χ3n) is 4.90. The van der Waals surface area contributed by atoms with E-state index in [-0.39, 0.29) is 5.91 Å². The SMILES string of the molecule is Cc1ccc2nc(C3CCN(C(=O)c4cccc(Br)c4)CC3)[nH]c2c1. The molecule has 1 aliphatic heterocycles. The molecule has 0 aliphatic carbocycles. The summed E-state index contributed by atoms with van der Waals surface area (Å²) in [5.74, 6) is 1.55. The molecule has 1 aliphatic rings. The van der Waals surface area contributed by atoms with Crippen LogP contribution in [0.15, 0.2) is 46.9 Å². The highest BCUT2D eigenvalue weighted by atomic mass is 79.9. The third kappa shape index (κ3) is 3.33. The first-order chi connectivity index (χ1) is 12.1. The Morgan fingerprint density at radius 1 is 1.20 bits per heavy atom. The predicted octanol–water partition coefficient (Wildman–Crippen LogP) is 4.65. The lowest BCUT2D eigenvalue weighted by Crippen LogP contribution is -2.38. The Hall–Kier alpha value is -2.14. The lowest BCUT2D eigenvalue weighted by molar-refractivity contribution is 0.0711. The number of nitrogens with one attached hydrogen (secondary N) is 1. The van der Waals surface area contributed by atoms with Gasteiger partial charge in [-0.15, -0.1) is 0 Å². The van der Waals surface area contributed by atoms with Gasteiger partial charge in [-0.05, 0) is 55.7 Å². The molecule has 5 heteroatoms. The molecule has 2 aromatic carbocycles. The van der Waals surface area contributed by atoms with Crippen molar-refractivity contribution in [3.8, 4) is 0 Å². The molecule has 0 unspecified atom stereocenters. The predicted molar refractivity (Wildman–Crippen MR) is 103 cm³/mol. The number of fused-ring (bicyclic) bond motifs is 1. The Labute approximate surface area is 155 Å². The number of carbonyl (C=O) groups excluding carboxylic acids is 1. The van der Waals surface area contributed by atoms with Gasteiger partial charge in [0.2, 0.25) is 0 Å². The second kappa shape index (κ2) is 6.64. The summed E-state index contributed by atoms with van der Waals surface area (Å²) < 4.78 is 0.936. The van der Waals surface area contributed by atoms with Crippen molar-refractivity contribution in [2.45, 2.75) is 25.7 Å². The van der Waals surface area contributed by atoms with Crippen molar-refractivity contribution < 1.29 is 4.79 Å². The second-order valence-corrected chi connectivity index (χ2v) is 7.64. The minimum Gasteiger partial charge on any atom is -0.342 e. The van der Waals surface area contributed by atoms with E-state index in [1.54, 1.807) is 0 Å². The molecular weight excluding hydrogens is 378 g/mol. The normalized spacial score (nSPS) is 15.7. The molecule has 128 valence electrons. The number of rotatable bonds is 2. The largest absolute Gasteiger partial charge is 0.342 e. The average Bonchev–Trinajstić information content (AvgIpc) is 3.04. The van der Waals surface area contributed by atoms with Crippen LogP contribution in [0.2, 0.25) is 0 Å². The number of hydrogen-bond donors (Lipinski definition) is 1. The Morgan fingerprint density at radius 2 is 2.00 bits per heavy atom. The third-order valence-corrected chi connectivity index (χ3v) is 5.39. The summed E-state index contributed by atoms with van der Waals surface area (Å²) in [4.78, 5) is 22.8. The summed E-state index contributed by atoms with van der Waals surface area (Å²) in [6.07, 6.45) is 1.89. The molecule has 0 saturated carbocycles. The van der Waals surface area contributed by atoms with Crippen LogP contribution in [-0.2, 0) is 0 Å². The van der Waals surface area contributed by atoms with Crippen molar-refractivity contribution in [2.75, 3.05) is 13.1 Å². The minimum absolute atomic E-state index is 0.111. The van der Waals surface area contributed by atoms with Crippen LogP contribution in [0, 0.1) is 6.92 Å². The van der Waals surface area contributed by atoms with Crippen LogP contribution in [0.5, 0.6) is 0 Å². The number of halogens is 1. The fourth-order valence-electron chi connectivity index (χ4n) is 3.50. The van der Waals surface area contributed by atoms with Crippen molar-refractivity contribution in [3.05, 3.63) is 63.9 Å². The Bertz CT molecular complexity index is 926. The van der Waals surface area contributed by atoms with Crippen molar-refractivity contribution in [2.24, 2.45) is 0 Å². The van der Waals surface area contributed by atoms with E-state index in [4.69, 9.17) is 4.98 Å². The standard InChI is InChI=1S/C20H20BrN3O/c1-13-5-6-17-18(11-13)23-19(22-17)14-7-9-24(10-8-14)20(25)15-3-2-4-16(21)12-15/h2-6,11-12,14H,7-10H2,1H3,(H,22,23). The number of hydrogen-bond acceptors (Lipinski definition) is 2. The first-order valence-electron chi connectivity index (χ1n) is 8.61. The van der Waals surface area contributed by atoms with Crippen LogP contribution in [0.4, 0.5) is 0 Å². The molecule has 4 nitrogen and oxygen atoms in total. The van der Waals surface area contributed by atoms with Crippen molar-refractivity contribution in [3.63, 3.8) is 0 Å². The number of carbonyl (C=O) groups is 1. The zero-order chi connectivity index (χ0) is 17.4. The van der Waals surface area contributed by atoms with E-state index in [0.717, 1.165) is 52.8 Å². The van der Waals surface area contributed by atoms with Crippen molar-refractivity contribution in [1.29, 1.82) is 0 Å². The van der Waals surface area contributed by atoms with E-state index in [1.165, 1.54) is 5.56 Å². The molecule has 0 bridgehead atoms. The summed E-state index contributed by atoms with van der Waals surface area (Å²) in [7, 11) is 0. The highest BCUT2D eigenvalue weighted by molar-refractivity contribution is 9.10. The van der Waals surface area contributed by atoms with Gasteiger partial charge in [0, 0.05) is 29.0 Å². The van der Waals surface area contributed by atoms with Crippen LogP contribution in [0.25, 0.3) is 11.0 Å². The van der Waals surface area contributed by atoms with Gasteiger partial charge >= 0.3 is 0 Å². The maximum atomic E-state index is 12.7. The van der Waals surface area contributed by atoms with E-state index < -0.39 is 0 Å². The number of H-pyrrole nitrogens is 1. The first-order valence-corrected chi connectivity index (χ1v) is 9.40. The zero-order valence-electron chi connectivity index (χ0n) is 14.1. The number of nitrogens with zero attached hydrogens (tertiary/aromatic N) is 2. The van der Waals surface area contributed by atoms with Gasteiger partial charge in [0.05, 0.1) is 11.0 Å². The van der Waals surface area contributed by atoms with Gasteiger partial charge in [-0.3, -0.25) is 4.79 Å². The fraction of sp³-hybridized carbons (Fsp3) is 0.300. The molecule has 0 radical (unpaired) electrons. The van der Waals surface area contributed by atoms with E-state index in [1.807, 2.05) is 29.2 Å². The smallest absolute Gasteiger partial charge is 0.253 e. The molecule has 2 heterocycles. The number of piperidine rings is 1. The molecule has 0 atom stereocenters. The average molecular weight is 398 g/mol. The number of imidazole rings is 1. The molecule has 0 spiro atoms. The van der Waals surface area contributed by atoms with E-state index in [9.17, 15) is 4.79 Å². The van der Waals surface area contributed by atoms with Gasteiger partial charge < -0.3 is 9.88 Å². The quantitative estimate of drug-likeness (QED) is 0.683. The van der Waals surface area contributed by atoms with Gasteiger partial charge in [-0.1, -0.05) is 28.1 Å². The van der Waals surface area contributed by atoms with Gasteiger partial charge in [0.25, 0.3) is 5.91 Å². The van der Waals surface area contributed by atoms with Crippen molar-refractivity contribution >= 4 is 32.9 Å². The second-order valence-electron chi connectivity index (χ2n) is 6.72. The van der Waals surface area contributed by atoms with Crippen LogP contribution >= 0.6 is 15.9 Å².